The maximum atomic E-state index is 12.7. The number of alkyl halides is 3. The molecule has 1 aromatic heterocycles. The van der Waals surface area contributed by atoms with Gasteiger partial charge in [0.15, 0.2) is 0 Å². The summed E-state index contributed by atoms with van der Waals surface area (Å²) in [6, 6.07) is 1.66. The standard InChI is InChI=1S/C12H16ClF3N2O/c1-3-11(4-2,7-19)18-10-6-8(12(14,15)16)5-9(13)17-10/h5-6,19H,3-4,7H2,1-2H3,(H,17,18). The topological polar surface area (TPSA) is 45.1 Å². The van der Waals surface area contributed by atoms with Gasteiger partial charge in [0.1, 0.15) is 11.0 Å². The molecule has 2 N–H and O–H groups in total. The van der Waals surface area contributed by atoms with E-state index in [1.54, 1.807) is 0 Å². The van der Waals surface area contributed by atoms with E-state index in [1.165, 1.54) is 0 Å². The molecule has 7 heteroatoms. The van der Waals surface area contributed by atoms with E-state index in [4.69, 9.17) is 11.6 Å². The molecule has 0 bridgehead atoms. The quantitative estimate of drug-likeness (QED) is 0.814. The lowest BCUT2D eigenvalue weighted by Crippen LogP contribution is -2.41. The summed E-state index contributed by atoms with van der Waals surface area (Å²) in [6.07, 6.45) is -3.38. The van der Waals surface area contributed by atoms with Crippen LogP contribution in [0.2, 0.25) is 5.15 Å². The van der Waals surface area contributed by atoms with Gasteiger partial charge in [-0.15, -0.1) is 0 Å². The maximum Gasteiger partial charge on any atom is 0.416 e. The van der Waals surface area contributed by atoms with E-state index in [0.717, 1.165) is 12.1 Å². The number of pyridine rings is 1. The lowest BCUT2D eigenvalue weighted by atomic mass is 9.94. The first-order valence-corrected chi connectivity index (χ1v) is 6.28. The summed E-state index contributed by atoms with van der Waals surface area (Å²) >= 11 is 5.60. The van der Waals surface area contributed by atoms with Gasteiger partial charge in [0.2, 0.25) is 0 Å². The van der Waals surface area contributed by atoms with Gasteiger partial charge in [0.25, 0.3) is 0 Å². The Balaban J connectivity index is 3.11. The fourth-order valence-electron chi connectivity index (χ4n) is 1.69. The van der Waals surface area contributed by atoms with Crippen molar-refractivity contribution < 1.29 is 18.3 Å². The summed E-state index contributed by atoms with van der Waals surface area (Å²) < 4.78 is 38.0. The van der Waals surface area contributed by atoms with Crippen LogP contribution in [0.15, 0.2) is 12.1 Å². The Morgan fingerprint density at radius 1 is 1.26 bits per heavy atom. The molecule has 3 nitrogen and oxygen atoms in total. The van der Waals surface area contributed by atoms with Gasteiger partial charge < -0.3 is 10.4 Å². The second-order valence-electron chi connectivity index (χ2n) is 4.33. The van der Waals surface area contributed by atoms with Crippen molar-refractivity contribution in [2.75, 3.05) is 11.9 Å². The molecule has 0 radical (unpaired) electrons. The molecule has 0 amide bonds. The Kier molecular flexibility index (Phi) is 5.04. The highest BCUT2D eigenvalue weighted by Gasteiger charge is 2.32. The fourth-order valence-corrected chi connectivity index (χ4v) is 1.89. The van der Waals surface area contributed by atoms with E-state index in [9.17, 15) is 18.3 Å². The van der Waals surface area contributed by atoms with Crippen LogP contribution < -0.4 is 5.32 Å². The zero-order valence-electron chi connectivity index (χ0n) is 10.7. The smallest absolute Gasteiger partial charge is 0.394 e. The number of aromatic nitrogens is 1. The second-order valence-corrected chi connectivity index (χ2v) is 4.72. The minimum Gasteiger partial charge on any atom is -0.394 e. The molecular weight excluding hydrogens is 281 g/mol. The number of nitrogens with one attached hydrogen (secondary N) is 1. The van der Waals surface area contributed by atoms with Crippen molar-refractivity contribution in [3.8, 4) is 0 Å². The Morgan fingerprint density at radius 2 is 1.84 bits per heavy atom. The zero-order valence-corrected chi connectivity index (χ0v) is 11.4. The first-order chi connectivity index (χ1) is 8.76. The molecule has 0 spiro atoms. The number of hydrogen-bond donors (Lipinski definition) is 2. The van der Waals surface area contributed by atoms with Gasteiger partial charge in [-0.05, 0) is 25.0 Å². The van der Waals surface area contributed by atoms with Crippen LogP contribution in [-0.4, -0.2) is 22.2 Å². The first-order valence-electron chi connectivity index (χ1n) is 5.90. The van der Waals surface area contributed by atoms with Gasteiger partial charge in [-0.3, -0.25) is 0 Å². The van der Waals surface area contributed by atoms with E-state index >= 15 is 0 Å². The predicted molar refractivity (Wildman–Crippen MR) is 68.3 cm³/mol. The van der Waals surface area contributed by atoms with Gasteiger partial charge in [-0.1, -0.05) is 25.4 Å². The molecule has 0 aliphatic heterocycles. The van der Waals surface area contributed by atoms with Gasteiger partial charge in [-0.2, -0.15) is 13.2 Å². The zero-order chi connectivity index (χ0) is 14.7. The summed E-state index contributed by atoms with van der Waals surface area (Å²) in [5.74, 6) is 0.0116. The van der Waals surface area contributed by atoms with E-state index < -0.39 is 17.3 Å². The first kappa shape index (κ1) is 16.0. The van der Waals surface area contributed by atoms with Crippen molar-refractivity contribution in [3.05, 3.63) is 22.8 Å². The Bertz CT molecular complexity index is 425. The molecule has 1 rings (SSSR count). The van der Waals surface area contributed by atoms with Crippen molar-refractivity contribution in [2.45, 2.75) is 38.4 Å². The van der Waals surface area contributed by atoms with Crippen LogP contribution in [0, 0.1) is 0 Å². The van der Waals surface area contributed by atoms with Crippen molar-refractivity contribution >= 4 is 17.4 Å². The number of aliphatic hydroxyl groups is 1. The van der Waals surface area contributed by atoms with E-state index in [0.29, 0.717) is 12.8 Å². The summed E-state index contributed by atoms with van der Waals surface area (Å²) in [7, 11) is 0. The molecule has 0 aromatic carbocycles. The predicted octanol–water partition coefficient (Wildman–Crippen LogP) is 3.72. The molecule has 1 aromatic rings. The minimum atomic E-state index is -4.48. The van der Waals surface area contributed by atoms with Crippen LogP contribution in [-0.2, 0) is 6.18 Å². The number of hydrogen-bond acceptors (Lipinski definition) is 3. The van der Waals surface area contributed by atoms with Crippen molar-refractivity contribution in [1.29, 1.82) is 0 Å². The molecule has 19 heavy (non-hydrogen) atoms. The number of anilines is 1. The molecule has 0 atom stereocenters. The summed E-state index contributed by atoms with van der Waals surface area (Å²) in [6.45, 7) is 3.47. The molecule has 108 valence electrons. The molecule has 0 fully saturated rings. The highest BCUT2D eigenvalue weighted by atomic mass is 35.5. The van der Waals surface area contributed by atoms with Crippen LogP contribution >= 0.6 is 11.6 Å². The lowest BCUT2D eigenvalue weighted by molar-refractivity contribution is -0.137. The van der Waals surface area contributed by atoms with Crippen LogP contribution in [0.25, 0.3) is 0 Å². The fraction of sp³-hybridized carbons (Fsp3) is 0.583. The Hall–Kier alpha value is -1.01. The number of nitrogens with zero attached hydrogens (tertiary/aromatic N) is 1. The number of halogens is 4. The van der Waals surface area contributed by atoms with Crippen molar-refractivity contribution in [3.63, 3.8) is 0 Å². The third-order valence-corrected chi connectivity index (χ3v) is 3.36. The van der Waals surface area contributed by atoms with E-state index in [-0.39, 0.29) is 17.6 Å². The van der Waals surface area contributed by atoms with Crippen LogP contribution in [0.3, 0.4) is 0 Å². The minimum absolute atomic E-state index is 0.0116. The van der Waals surface area contributed by atoms with Gasteiger partial charge >= 0.3 is 6.18 Å². The van der Waals surface area contributed by atoms with Gasteiger partial charge in [-0.25, -0.2) is 4.98 Å². The van der Waals surface area contributed by atoms with Crippen molar-refractivity contribution in [1.82, 2.24) is 4.98 Å². The van der Waals surface area contributed by atoms with Crippen LogP contribution in [0.1, 0.15) is 32.3 Å². The average molecular weight is 297 g/mol. The summed E-state index contributed by atoms with van der Waals surface area (Å²) in [5, 5.41) is 12.0. The molecule has 0 unspecified atom stereocenters. The number of aliphatic hydroxyl groups excluding tert-OH is 1. The largest absolute Gasteiger partial charge is 0.416 e. The summed E-state index contributed by atoms with van der Waals surface area (Å²) in [5.41, 5.74) is -1.56. The van der Waals surface area contributed by atoms with Gasteiger partial charge in [0, 0.05) is 0 Å². The molecule has 0 aliphatic rings. The molecule has 1 heterocycles. The van der Waals surface area contributed by atoms with Crippen LogP contribution in [0.4, 0.5) is 19.0 Å². The maximum absolute atomic E-state index is 12.7. The Morgan fingerprint density at radius 3 is 2.26 bits per heavy atom. The third-order valence-electron chi connectivity index (χ3n) is 3.17. The third kappa shape index (κ3) is 3.98. The average Bonchev–Trinajstić information content (AvgIpc) is 2.34. The van der Waals surface area contributed by atoms with Gasteiger partial charge in [0.05, 0.1) is 17.7 Å². The monoisotopic (exact) mass is 296 g/mol. The molecule has 0 aliphatic carbocycles. The highest BCUT2D eigenvalue weighted by Crippen LogP contribution is 2.33. The molecule has 0 saturated carbocycles. The lowest BCUT2D eigenvalue weighted by Gasteiger charge is -2.31. The molecule has 0 saturated heterocycles. The van der Waals surface area contributed by atoms with Crippen LogP contribution in [0.5, 0.6) is 0 Å². The second kappa shape index (κ2) is 5.96. The normalized spacial score (nSPS) is 12.6. The Labute approximate surface area is 114 Å². The van der Waals surface area contributed by atoms with Crippen molar-refractivity contribution in [2.24, 2.45) is 0 Å². The SMILES string of the molecule is CCC(CC)(CO)Nc1cc(C(F)(F)F)cc(Cl)n1. The number of rotatable bonds is 5. The summed E-state index contributed by atoms with van der Waals surface area (Å²) in [4.78, 5) is 3.82. The van der Waals surface area contributed by atoms with E-state index in [1.807, 2.05) is 13.8 Å². The molecular formula is C12H16ClF3N2O. The van der Waals surface area contributed by atoms with E-state index in [2.05, 4.69) is 10.3 Å². The highest BCUT2D eigenvalue weighted by molar-refractivity contribution is 6.29.